The van der Waals surface area contributed by atoms with Gasteiger partial charge in [-0.3, -0.25) is 4.90 Å². The van der Waals surface area contributed by atoms with Crippen molar-refractivity contribution in [1.29, 1.82) is 5.26 Å². The fourth-order valence-corrected chi connectivity index (χ4v) is 1.29. The zero-order valence-electron chi connectivity index (χ0n) is 10.3. The number of hydrogen-bond acceptors (Lipinski definition) is 4. The van der Waals surface area contributed by atoms with Crippen LogP contribution < -0.4 is 4.74 Å². The van der Waals surface area contributed by atoms with Crippen LogP contribution in [-0.4, -0.2) is 42.9 Å². The van der Waals surface area contributed by atoms with E-state index in [9.17, 15) is 0 Å². The Bertz CT molecular complexity index is 370. The largest absolute Gasteiger partial charge is 0.492 e. The van der Waals surface area contributed by atoms with Gasteiger partial charge in [0.2, 0.25) is 0 Å². The summed E-state index contributed by atoms with van der Waals surface area (Å²) in [5, 5.41) is 17.6. The summed E-state index contributed by atoms with van der Waals surface area (Å²) in [6, 6.07) is 9.23. The molecular weight excluding hydrogens is 216 g/mol. The van der Waals surface area contributed by atoms with Crippen LogP contribution in [0.3, 0.4) is 0 Å². The van der Waals surface area contributed by atoms with Gasteiger partial charge < -0.3 is 9.84 Å². The van der Waals surface area contributed by atoms with E-state index >= 15 is 0 Å². The molecular formula is C13H18N2O2. The number of aliphatic hydroxyl groups is 1. The van der Waals surface area contributed by atoms with Gasteiger partial charge in [-0.05, 0) is 38.2 Å². The average molecular weight is 234 g/mol. The van der Waals surface area contributed by atoms with E-state index in [1.807, 2.05) is 18.9 Å². The third-order valence-corrected chi connectivity index (χ3v) is 2.71. The van der Waals surface area contributed by atoms with E-state index in [4.69, 9.17) is 15.1 Å². The summed E-state index contributed by atoms with van der Waals surface area (Å²) in [4.78, 5) is 2.03. The Kier molecular flexibility index (Phi) is 5.47. The molecule has 0 saturated carbocycles. The molecule has 92 valence electrons. The first-order valence-electron chi connectivity index (χ1n) is 5.61. The number of nitrogens with zero attached hydrogens (tertiary/aromatic N) is 2. The van der Waals surface area contributed by atoms with E-state index in [0.29, 0.717) is 12.2 Å². The Labute approximate surface area is 102 Å². The fraction of sp³-hybridized carbons (Fsp3) is 0.462. The van der Waals surface area contributed by atoms with Crippen molar-refractivity contribution >= 4 is 0 Å². The van der Waals surface area contributed by atoms with E-state index < -0.39 is 0 Å². The zero-order valence-corrected chi connectivity index (χ0v) is 10.3. The number of ether oxygens (including phenoxy) is 1. The topological polar surface area (TPSA) is 56.5 Å². The maximum atomic E-state index is 8.97. The monoisotopic (exact) mass is 234 g/mol. The Balaban J connectivity index is 2.33. The molecule has 1 aromatic rings. The molecule has 0 bridgehead atoms. The van der Waals surface area contributed by atoms with Crippen molar-refractivity contribution < 1.29 is 9.84 Å². The summed E-state index contributed by atoms with van der Waals surface area (Å²) < 4.78 is 5.54. The van der Waals surface area contributed by atoms with Crippen molar-refractivity contribution in [1.82, 2.24) is 4.90 Å². The van der Waals surface area contributed by atoms with Gasteiger partial charge >= 0.3 is 0 Å². The molecule has 0 aromatic heterocycles. The summed E-state index contributed by atoms with van der Waals surface area (Å²) in [6.45, 7) is 3.42. The van der Waals surface area contributed by atoms with Crippen molar-refractivity contribution in [3.05, 3.63) is 29.8 Å². The second-order valence-corrected chi connectivity index (χ2v) is 4.00. The first kappa shape index (κ1) is 13.5. The van der Waals surface area contributed by atoms with Crippen LogP contribution in [0.2, 0.25) is 0 Å². The molecule has 0 amide bonds. The van der Waals surface area contributed by atoms with Gasteiger partial charge in [-0.2, -0.15) is 5.26 Å². The highest BCUT2D eigenvalue weighted by molar-refractivity contribution is 5.34. The number of hydrogen-bond donors (Lipinski definition) is 1. The van der Waals surface area contributed by atoms with Crippen LogP contribution in [0.25, 0.3) is 0 Å². The Hall–Kier alpha value is -1.57. The summed E-state index contributed by atoms with van der Waals surface area (Å²) in [7, 11) is 1.95. The van der Waals surface area contributed by atoms with Crippen molar-refractivity contribution in [3.8, 4) is 11.8 Å². The van der Waals surface area contributed by atoms with E-state index in [0.717, 1.165) is 12.3 Å². The van der Waals surface area contributed by atoms with Gasteiger partial charge in [-0.25, -0.2) is 0 Å². The molecule has 1 rings (SSSR count). The predicted molar refractivity (Wildman–Crippen MR) is 65.8 cm³/mol. The summed E-state index contributed by atoms with van der Waals surface area (Å²) in [5.74, 6) is 0.758. The molecule has 0 radical (unpaired) electrons. The van der Waals surface area contributed by atoms with Crippen LogP contribution in [0.5, 0.6) is 5.75 Å². The van der Waals surface area contributed by atoms with Gasteiger partial charge in [0.15, 0.2) is 0 Å². The molecule has 0 spiro atoms. The molecule has 0 fully saturated rings. The molecule has 0 aliphatic rings. The molecule has 17 heavy (non-hydrogen) atoms. The van der Waals surface area contributed by atoms with Crippen molar-refractivity contribution in [2.45, 2.75) is 13.0 Å². The van der Waals surface area contributed by atoms with Crippen LogP contribution in [0.15, 0.2) is 24.3 Å². The van der Waals surface area contributed by atoms with Gasteiger partial charge in [0, 0.05) is 12.6 Å². The Morgan fingerprint density at radius 1 is 1.41 bits per heavy atom. The molecule has 4 heteroatoms. The number of aliphatic hydroxyl groups excluding tert-OH is 1. The lowest BCUT2D eigenvalue weighted by Gasteiger charge is -2.22. The van der Waals surface area contributed by atoms with E-state index in [-0.39, 0.29) is 12.6 Å². The van der Waals surface area contributed by atoms with Crippen LogP contribution in [0, 0.1) is 11.3 Å². The number of nitriles is 1. The Morgan fingerprint density at radius 2 is 2.06 bits per heavy atom. The van der Waals surface area contributed by atoms with Gasteiger partial charge in [-0.1, -0.05) is 0 Å². The number of benzene rings is 1. The lowest BCUT2D eigenvalue weighted by atomic mass is 10.2. The van der Waals surface area contributed by atoms with Gasteiger partial charge in [0.25, 0.3) is 0 Å². The van der Waals surface area contributed by atoms with Crippen molar-refractivity contribution in [2.75, 3.05) is 26.8 Å². The molecule has 0 aliphatic carbocycles. The summed E-state index contributed by atoms with van der Waals surface area (Å²) in [5.41, 5.74) is 0.628. The van der Waals surface area contributed by atoms with Gasteiger partial charge in [0.1, 0.15) is 12.4 Å². The lowest BCUT2D eigenvalue weighted by molar-refractivity contribution is 0.140. The fourth-order valence-electron chi connectivity index (χ4n) is 1.29. The molecule has 0 heterocycles. The highest BCUT2D eigenvalue weighted by Crippen LogP contribution is 2.11. The lowest BCUT2D eigenvalue weighted by Crippen LogP contribution is -2.35. The maximum Gasteiger partial charge on any atom is 0.119 e. The second-order valence-electron chi connectivity index (χ2n) is 4.00. The van der Waals surface area contributed by atoms with E-state index in [1.165, 1.54) is 0 Å². The predicted octanol–water partition coefficient (Wildman–Crippen LogP) is 1.25. The third-order valence-electron chi connectivity index (χ3n) is 2.71. The third kappa shape index (κ3) is 4.43. The second kappa shape index (κ2) is 6.89. The van der Waals surface area contributed by atoms with Gasteiger partial charge in [0.05, 0.1) is 18.2 Å². The standard InChI is InChI=1S/C13H18N2O2/c1-11(10-16)15(2)7-8-17-13-5-3-12(9-14)4-6-13/h3-6,11,16H,7-8,10H2,1-2H3. The van der Waals surface area contributed by atoms with Crippen molar-refractivity contribution in [2.24, 2.45) is 0 Å². The van der Waals surface area contributed by atoms with Gasteiger partial charge in [-0.15, -0.1) is 0 Å². The minimum Gasteiger partial charge on any atom is -0.492 e. The van der Waals surface area contributed by atoms with Crippen LogP contribution in [-0.2, 0) is 0 Å². The molecule has 0 saturated heterocycles. The minimum absolute atomic E-state index is 0.138. The molecule has 4 nitrogen and oxygen atoms in total. The number of likely N-dealkylation sites (N-methyl/N-ethyl adjacent to an activating group) is 1. The minimum atomic E-state index is 0.138. The summed E-state index contributed by atoms with van der Waals surface area (Å²) in [6.07, 6.45) is 0. The maximum absolute atomic E-state index is 8.97. The molecule has 1 N–H and O–H groups in total. The molecule has 0 aliphatic heterocycles. The van der Waals surface area contributed by atoms with Crippen LogP contribution >= 0.6 is 0 Å². The zero-order chi connectivity index (χ0) is 12.7. The van der Waals surface area contributed by atoms with E-state index in [1.54, 1.807) is 24.3 Å². The molecule has 1 unspecified atom stereocenters. The summed E-state index contributed by atoms with van der Waals surface area (Å²) >= 11 is 0. The van der Waals surface area contributed by atoms with E-state index in [2.05, 4.69) is 6.07 Å². The van der Waals surface area contributed by atoms with Crippen molar-refractivity contribution in [3.63, 3.8) is 0 Å². The average Bonchev–Trinajstić information content (AvgIpc) is 2.38. The molecule has 1 atom stereocenters. The highest BCUT2D eigenvalue weighted by atomic mass is 16.5. The Morgan fingerprint density at radius 3 is 2.59 bits per heavy atom. The quantitative estimate of drug-likeness (QED) is 0.805. The molecule has 1 aromatic carbocycles. The highest BCUT2D eigenvalue weighted by Gasteiger charge is 2.06. The SMILES string of the molecule is CC(CO)N(C)CCOc1ccc(C#N)cc1. The van der Waals surface area contributed by atoms with Crippen LogP contribution in [0.4, 0.5) is 0 Å². The number of rotatable bonds is 6. The normalized spacial score (nSPS) is 12.2. The first-order valence-corrected chi connectivity index (χ1v) is 5.61. The smallest absolute Gasteiger partial charge is 0.119 e. The van der Waals surface area contributed by atoms with Crippen LogP contribution in [0.1, 0.15) is 12.5 Å². The first-order chi connectivity index (χ1) is 8.17.